The topological polar surface area (TPSA) is 158 Å². The fraction of sp³-hybridized carbons (Fsp3) is 0.588. The van der Waals surface area contributed by atoms with E-state index < -0.39 is 24.1 Å². The number of aliphatic carboxylic acids is 2. The molecule has 2 heterocycles. The second kappa shape index (κ2) is 18.3. The summed E-state index contributed by atoms with van der Waals surface area (Å²) in [5.41, 5.74) is 2.44. The monoisotopic (exact) mass is 684 g/mol. The molecule has 0 saturated carbocycles. The lowest BCUT2D eigenvalue weighted by molar-refractivity contribution is -0.165. The molecule has 46 heavy (non-hydrogen) atoms. The van der Waals surface area contributed by atoms with Gasteiger partial charge in [0.1, 0.15) is 0 Å². The van der Waals surface area contributed by atoms with Gasteiger partial charge in [-0.1, -0.05) is 74.2 Å². The molecule has 0 aromatic heterocycles. The van der Waals surface area contributed by atoms with Crippen molar-refractivity contribution in [2.24, 2.45) is 0 Å². The minimum atomic E-state index is -2.27. The summed E-state index contributed by atoms with van der Waals surface area (Å²) in [6, 6.07) is 16.7. The molecule has 4 rings (SSSR count). The number of rotatable bonds is 9. The van der Waals surface area contributed by atoms with Gasteiger partial charge in [0.15, 0.2) is 12.2 Å². The fourth-order valence-corrected chi connectivity index (χ4v) is 5.83. The maximum atomic E-state index is 9.77. The normalized spacial score (nSPS) is 24.7. The summed E-state index contributed by atoms with van der Waals surface area (Å²) < 4.78 is 12.2. The lowest BCUT2D eigenvalue weighted by atomic mass is 9.92. The van der Waals surface area contributed by atoms with E-state index in [1.807, 2.05) is 36.4 Å². The van der Waals surface area contributed by atoms with Crippen LogP contribution in [0.1, 0.15) is 90.6 Å². The Hall–Kier alpha value is -2.28. The van der Waals surface area contributed by atoms with E-state index in [2.05, 4.69) is 64.3 Å². The molecule has 0 spiro atoms. The van der Waals surface area contributed by atoms with Crippen LogP contribution in [0.5, 0.6) is 0 Å². The third-order valence-corrected chi connectivity index (χ3v) is 7.96. The van der Waals surface area contributed by atoms with Crippen LogP contribution in [0, 0.1) is 0 Å². The van der Waals surface area contributed by atoms with Gasteiger partial charge in [0, 0.05) is 33.2 Å². The van der Waals surface area contributed by atoms with Gasteiger partial charge in [-0.3, -0.25) is 0 Å². The lowest BCUT2D eigenvalue weighted by Gasteiger charge is -2.42. The molecule has 0 radical (unpaired) electrons. The average molecular weight is 686 g/mol. The molecular formula is C34H50Cl2N2O8. The van der Waals surface area contributed by atoms with Gasteiger partial charge in [-0.2, -0.15) is 0 Å². The smallest absolute Gasteiger partial charge is 0.335 e. The SMILES string of the molecule is CCC[C@@H]1NC(C)(C)CO[C@H]1c1cccc(Cl)c1.CCC[C@@H]1NC(C)(C)CO[C@H]1c1cccc(Cl)c1.O=C(O)[C@@H](O)[C@H](O)C(=O)O. The summed E-state index contributed by atoms with van der Waals surface area (Å²) in [6.07, 6.45) is 0.201. The van der Waals surface area contributed by atoms with Crippen molar-refractivity contribution in [3.8, 4) is 0 Å². The number of hydrogen-bond acceptors (Lipinski definition) is 8. The van der Waals surface area contributed by atoms with Crippen molar-refractivity contribution in [2.75, 3.05) is 13.2 Å². The van der Waals surface area contributed by atoms with E-state index in [9.17, 15) is 9.59 Å². The Kier molecular flexibility index (Phi) is 15.9. The number of aliphatic hydroxyl groups is 2. The van der Waals surface area contributed by atoms with E-state index in [-0.39, 0.29) is 23.3 Å². The van der Waals surface area contributed by atoms with Crippen LogP contribution >= 0.6 is 23.2 Å². The minimum absolute atomic E-state index is 0.0505. The summed E-state index contributed by atoms with van der Waals surface area (Å²) >= 11 is 12.1. The van der Waals surface area contributed by atoms with E-state index in [4.69, 9.17) is 53.1 Å². The Balaban J connectivity index is 0.000000252. The molecular weight excluding hydrogens is 635 g/mol. The molecule has 10 nitrogen and oxygen atoms in total. The van der Waals surface area contributed by atoms with E-state index in [1.165, 1.54) is 11.1 Å². The van der Waals surface area contributed by atoms with Gasteiger partial charge in [0.05, 0.1) is 25.4 Å². The number of hydrogen-bond donors (Lipinski definition) is 6. The van der Waals surface area contributed by atoms with Crippen LogP contribution in [-0.2, 0) is 19.1 Å². The minimum Gasteiger partial charge on any atom is -0.479 e. The number of nitrogens with one attached hydrogen (secondary N) is 2. The zero-order valence-corrected chi connectivity index (χ0v) is 29.0. The first-order valence-electron chi connectivity index (χ1n) is 15.6. The Morgan fingerprint density at radius 3 is 1.39 bits per heavy atom. The van der Waals surface area contributed by atoms with Crippen molar-refractivity contribution in [3.63, 3.8) is 0 Å². The maximum Gasteiger partial charge on any atom is 0.335 e. The number of morpholine rings is 2. The van der Waals surface area contributed by atoms with Crippen molar-refractivity contribution in [3.05, 3.63) is 69.7 Å². The first-order chi connectivity index (χ1) is 21.5. The van der Waals surface area contributed by atoms with E-state index in [0.717, 1.165) is 48.9 Å². The van der Waals surface area contributed by atoms with Gasteiger partial charge in [-0.25, -0.2) is 9.59 Å². The molecule has 2 aliphatic heterocycles. The molecule has 0 amide bonds. The zero-order chi connectivity index (χ0) is 34.7. The van der Waals surface area contributed by atoms with Crippen LogP contribution in [0.4, 0.5) is 0 Å². The molecule has 12 heteroatoms. The summed E-state index contributed by atoms with van der Waals surface area (Å²) in [4.78, 5) is 19.5. The number of ether oxygens (including phenoxy) is 2. The molecule has 258 valence electrons. The van der Waals surface area contributed by atoms with Gasteiger partial charge in [-0.15, -0.1) is 0 Å². The standard InChI is InChI=1S/2C15H22ClNO.C4H6O6/c2*1-4-6-13-14(18-10-15(2,3)17-13)11-7-5-8-12(16)9-11;5-1(3(7)8)2(6)4(9)10/h2*5,7-9,13-14,17H,4,6,10H2,1-3H3;1-2,5-6H,(H,7,8)(H,9,10)/t2*13-,14-;1-,2-/m000/s1. The molecule has 2 aromatic carbocycles. The Morgan fingerprint density at radius 1 is 0.761 bits per heavy atom. The van der Waals surface area contributed by atoms with E-state index >= 15 is 0 Å². The first-order valence-corrected chi connectivity index (χ1v) is 16.4. The molecule has 0 aliphatic carbocycles. The van der Waals surface area contributed by atoms with Crippen LogP contribution in [0.3, 0.4) is 0 Å². The summed E-state index contributed by atoms with van der Waals surface area (Å²) in [7, 11) is 0. The summed E-state index contributed by atoms with van der Waals surface area (Å²) in [6.45, 7) is 14.6. The molecule has 0 unspecified atom stereocenters. The molecule has 2 fully saturated rings. The number of carboxylic acid groups (broad SMARTS) is 2. The fourth-order valence-electron chi connectivity index (χ4n) is 5.43. The Bertz CT molecular complexity index is 1170. The number of carbonyl (C=O) groups is 2. The number of benzene rings is 2. The average Bonchev–Trinajstić information content (AvgIpc) is 2.96. The Labute approximate surface area is 282 Å². The first kappa shape index (κ1) is 39.9. The van der Waals surface area contributed by atoms with Gasteiger partial charge >= 0.3 is 11.9 Å². The number of aliphatic hydroxyl groups excluding tert-OH is 2. The maximum absolute atomic E-state index is 9.77. The number of carboxylic acids is 2. The number of halogens is 2. The molecule has 0 bridgehead atoms. The van der Waals surface area contributed by atoms with Crippen LogP contribution in [-0.4, -0.2) is 80.9 Å². The zero-order valence-electron chi connectivity index (χ0n) is 27.5. The van der Waals surface area contributed by atoms with Crippen molar-refractivity contribution in [2.45, 2.75) is 115 Å². The summed E-state index contributed by atoms with van der Waals surface area (Å²) in [5.74, 6) is -3.54. The van der Waals surface area contributed by atoms with Crippen LogP contribution in [0.15, 0.2) is 48.5 Å². The van der Waals surface area contributed by atoms with E-state index in [1.54, 1.807) is 0 Å². The third kappa shape index (κ3) is 12.7. The quantitative estimate of drug-likeness (QED) is 0.191. The highest BCUT2D eigenvalue weighted by Crippen LogP contribution is 2.33. The van der Waals surface area contributed by atoms with Gasteiger partial charge in [0.2, 0.25) is 0 Å². The van der Waals surface area contributed by atoms with Crippen molar-refractivity contribution in [1.29, 1.82) is 0 Å². The second-order valence-electron chi connectivity index (χ2n) is 13.0. The largest absolute Gasteiger partial charge is 0.479 e. The van der Waals surface area contributed by atoms with Crippen LogP contribution in [0.2, 0.25) is 10.0 Å². The highest BCUT2D eigenvalue weighted by Gasteiger charge is 2.36. The summed E-state index contributed by atoms with van der Waals surface area (Å²) in [5, 5.41) is 41.5. The van der Waals surface area contributed by atoms with Gasteiger partial charge < -0.3 is 40.5 Å². The van der Waals surface area contributed by atoms with Crippen molar-refractivity contribution >= 4 is 35.1 Å². The second-order valence-corrected chi connectivity index (χ2v) is 13.9. The highest BCUT2D eigenvalue weighted by atomic mass is 35.5. The highest BCUT2D eigenvalue weighted by molar-refractivity contribution is 6.30. The molecule has 6 N–H and O–H groups in total. The van der Waals surface area contributed by atoms with Crippen LogP contribution in [0.25, 0.3) is 0 Å². The predicted molar refractivity (Wildman–Crippen MR) is 179 cm³/mol. The molecule has 2 aromatic rings. The molecule has 6 atom stereocenters. The van der Waals surface area contributed by atoms with E-state index in [0.29, 0.717) is 12.1 Å². The lowest BCUT2D eigenvalue weighted by Crippen LogP contribution is -2.56. The third-order valence-electron chi connectivity index (χ3n) is 7.49. The predicted octanol–water partition coefficient (Wildman–Crippen LogP) is 5.77. The van der Waals surface area contributed by atoms with Crippen molar-refractivity contribution < 1.29 is 39.5 Å². The molecule has 2 saturated heterocycles. The van der Waals surface area contributed by atoms with Crippen LogP contribution < -0.4 is 10.6 Å². The van der Waals surface area contributed by atoms with Gasteiger partial charge in [0.25, 0.3) is 0 Å². The van der Waals surface area contributed by atoms with Crippen molar-refractivity contribution in [1.82, 2.24) is 10.6 Å². The van der Waals surface area contributed by atoms with Gasteiger partial charge in [-0.05, 0) is 75.9 Å². The molecule has 2 aliphatic rings. The Morgan fingerprint density at radius 2 is 1.11 bits per heavy atom.